The molecule has 0 atom stereocenters. The number of hydrogen-bond acceptors (Lipinski definition) is 3. The van der Waals surface area contributed by atoms with Crippen LogP contribution < -0.4 is 15.0 Å². The van der Waals surface area contributed by atoms with Gasteiger partial charge >= 0.3 is 0 Å². The Bertz CT molecular complexity index is 815. The summed E-state index contributed by atoms with van der Waals surface area (Å²) in [5, 5.41) is 2.91. The molecule has 4 rings (SSSR count). The van der Waals surface area contributed by atoms with Gasteiger partial charge in [-0.25, -0.2) is 0 Å². The lowest BCUT2D eigenvalue weighted by atomic mass is 10.1. The first-order valence-corrected chi connectivity index (χ1v) is 9.13. The second kappa shape index (κ2) is 7.20. The van der Waals surface area contributed by atoms with E-state index in [2.05, 4.69) is 5.32 Å². The Kier molecular flexibility index (Phi) is 4.61. The summed E-state index contributed by atoms with van der Waals surface area (Å²) in [6, 6.07) is 15.2. The van der Waals surface area contributed by atoms with Crippen molar-refractivity contribution in [2.24, 2.45) is 5.92 Å². The third-order valence-electron chi connectivity index (χ3n) is 4.79. The van der Waals surface area contributed by atoms with Gasteiger partial charge in [-0.15, -0.1) is 0 Å². The number of anilines is 2. The molecule has 2 aliphatic rings. The van der Waals surface area contributed by atoms with E-state index < -0.39 is 0 Å². The Morgan fingerprint density at radius 2 is 1.92 bits per heavy atom. The number of nitrogens with one attached hydrogen (secondary N) is 1. The number of para-hydroxylation sites is 1. The maximum Gasteiger partial charge on any atom is 0.230 e. The Labute approximate surface area is 153 Å². The predicted molar refractivity (Wildman–Crippen MR) is 100 cm³/mol. The first-order valence-electron chi connectivity index (χ1n) is 9.13. The number of ether oxygens (including phenoxy) is 1. The normalized spacial score (nSPS) is 15.5. The molecule has 1 aliphatic carbocycles. The minimum atomic E-state index is -0.0789. The van der Waals surface area contributed by atoms with Gasteiger partial charge in [0.1, 0.15) is 5.75 Å². The van der Waals surface area contributed by atoms with Crippen LogP contribution in [0.4, 0.5) is 11.4 Å². The van der Waals surface area contributed by atoms with Crippen molar-refractivity contribution in [1.29, 1.82) is 0 Å². The van der Waals surface area contributed by atoms with Crippen molar-refractivity contribution < 1.29 is 14.3 Å². The first-order chi connectivity index (χ1) is 12.7. The van der Waals surface area contributed by atoms with Gasteiger partial charge in [0.2, 0.25) is 11.8 Å². The average molecular weight is 350 g/mol. The summed E-state index contributed by atoms with van der Waals surface area (Å²) < 4.78 is 5.55. The number of nitrogens with zero attached hydrogens (tertiary/aromatic N) is 1. The lowest BCUT2D eigenvalue weighted by molar-refractivity contribution is -0.119. The summed E-state index contributed by atoms with van der Waals surface area (Å²) in [5.41, 5.74) is 2.89. The number of hydrogen-bond donors (Lipinski definition) is 1. The van der Waals surface area contributed by atoms with Gasteiger partial charge < -0.3 is 15.0 Å². The maximum atomic E-state index is 12.3. The van der Waals surface area contributed by atoms with Crippen molar-refractivity contribution in [1.82, 2.24) is 0 Å². The molecule has 0 unspecified atom stereocenters. The van der Waals surface area contributed by atoms with E-state index in [4.69, 9.17) is 4.74 Å². The number of benzene rings is 2. The van der Waals surface area contributed by atoms with Gasteiger partial charge in [-0.1, -0.05) is 18.2 Å². The number of rotatable bonds is 6. The van der Waals surface area contributed by atoms with E-state index in [0.29, 0.717) is 6.61 Å². The van der Waals surface area contributed by atoms with Crippen LogP contribution in [0.5, 0.6) is 5.75 Å². The third-order valence-corrected chi connectivity index (χ3v) is 4.79. The van der Waals surface area contributed by atoms with Crippen molar-refractivity contribution in [2.45, 2.75) is 25.7 Å². The molecular weight excluding hydrogens is 328 g/mol. The monoisotopic (exact) mass is 350 g/mol. The number of fused-ring (bicyclic) bond motifs is 1. The third kappa shape index (κ3) is 3.72. The summed E-state index contributed by atoms with van der Waals surface area (Å²) in [7, 11) is 0. The molecule has 0 saturated heterocycles. The molecule has 0 aromatic heterocycles. The average Bonchev–Trinajstić information content (AvgIpc) is 3.42. The second-order valence-electron chi connectivity index (χ2n) is 6.82. The van der Waals surface area contributed by atoms with Gasteiger partial charge in [0.05, 0.1) is 13.0 Å². The SMILES string of the molecule is O=C(CCOc1ccccc1)Nc1ccc2c(c1)CCN2C(=O)C1CC1. The lowest BCUT2D eigenvalue weighted by Gasteiger charge is -2.17. The van der Waals surface area contributed by atoms with Crippen LogP contribution in [0.15, 0.2) is 48.5 Å². The van der Waals surface area contributed by atoms with Gasteiger partial charge in [-0.05, 0) is 55.2 Å². The molecule has 0 spiro atoms. The minimum Gasteiger partial charge on any atom is -0.493 e. The zero-order valence-electron chi connectivity index (χ0n) is 14.6. The smallest absolute Gasteiger partial charge is 0.230 e. The molecule has 5 nitrogen and oxygen atoms in total. The van der Waals surface area contributed by atoms with Crippen molar-refractivity contribution >= 4 is 23.2 Å². The predicted octanol–water partition coefficient (Wildman–Crippen LogP) is 3.39. The molecule has 1 N–H and O–H groups in total. The van der Waals surface area contributed by atoms with Crippen LogP contribution >= 0.6 is 0 Å². The van der Waals surface area contributed by atoms with Gasteiger partial charge in [-0.3, -0.25) is 9.59 Å². The highest BCUT2D eigenvalue weighted by atomic mass is 16.5. The quantitative estimate of drug-likeness (QED) is 0.869. The van der Waals surface area contributed by atoms with Crippen molar-refractivity contribution in [3.8, 4) is 5.75 Å². The molecule has 1 fully saturated rings. The number of carbonyl (C=O) groups excluding carboxylic acids is 2. The van der Waals surface area contributed by atoms with Gasteiger partial charge in [-0.2, -0.15) is 0 Å². The highest BCUT2D eigenvalue weighted by Gasteiger charge is 2.36. The molecule has 1 aliphatic heterocycles. The molecule has 2 amide bonds. The summed E-state index contributed by atoms with van der Waals surface area (Å²) in [5.74, 6) is 1.16. The van der Waals surface area contributed by atoms with Crippen LogP contribution in [-0.2, 0) is 16.0 Å². The molecule has 5 heteroatoms. The molecule has 0 radical (unpaired) electrons. The van der Waals surface area contributed by atoms with Gasteiger partial charge in [0, 0.05) is 23.8 Å². The molecule has 2 aromatic carbocycles. The summed E-state index contributed by atoms with van der Waals surface area (Å²) >= 11 is 0. The summed E-state index contributed by atoms with van der Waals surface area (Å²) in [6.07, 6.45) is 3.17. The Balaban J connectivity index is 1.31. The van der Waals surface area contributed by atoms with E-state index in [1.165, 1.54) is 0 Å². The van der Waals surface area contributed by atoms with Crippen LogP contribution in [0.2, 0.25) is 0 Å². The fraction of sp³-hybridized carbons (Fsp3) is 0.333. The van der Waals surface area contributed by atoms with Crippen LogP contribution in [0.1, 0.15) is 24.8 Å². The van der Waals surface area contributed by atoms with Gasteiger partial charge in [0.15, 0.2) is 0 Å². The molecule has 2 aromatic rings. The Hall–Kier alpha value is -2.82. The lowest BCUT2D eigenvalue weighted by Crippen LogP contribution is -2.30. The fourth-order valence-corrected chi connectivity index (χ4v) is 3.26. The standard InChI is InChI=1S/C21H22N2O3/c24-20(11-13-26-18-4-2-1-3-5-18)22-17-8-9-19-16(14-17)10-12-23(19)21(25)15-6-7-15/h1-5,8-9,14-15H,6-7,10-13H2,(H,22,24). The van der Waals surface area contributed by atoms with E-state index in [0.717, 1.165) is 48.5 Å². The van der Waals surface area contributed by atoms with Gasteiger partial charge in [0.25, 0.3) is 0 Å². The molecule has 26 heavy (non-hydrogen) atoms. The maximum absolute atomic E-state index is 12.3. The molecule has 134 valence electrons. The Morgan fingerprint density at radius 1 is 1.12 bits per heavy atom. The van der Waals surface area contributed by atoms with E-state index in [1.807, 2.05) is 53.4 Å². The minimum absolute atomic E-state index is 0.0789. The van der Waals surface area contributed by atoms with Crippen molar-refractivity contribution in [3.05, 3.63) is 54.1 Å². The fourth-order valence-electron chi connectivity index (χ4n) is 3.26. The first kappa shape index (κ1) is 16.6. The molecular formula is C21H22N2O3. The van der Waals surface area contributed by atoms with Crippen molar-refractivity contribution in [2.75, 3.05) is 23.4 Å². The van der Waals surface area contributed by atoms with Crippen molar-refractivity contribution in [3.63, 3.8) is 0 Å². The zero-order valence-corrected chi connectivity index (χ0v) is 14.6. The van der Waals surface area contributed by atoms with Crippen LogP contribution in [0, 0.1) is 5.92 Å². The van der Waals surface area contributed by atoms with Crippen LogP contribution in [0.3, 0.4) is 0 Å². The van der Waals surface area contributed by atoms with E-state index in [1.54, 1.807) is 0 Å². The number of amides is 2. The largest absolute Gasteiger partial charge is 0.493 e. The second-order valence-corrected chi connectivity index (χ2v) is 6.82. The topological polar surface area (TPSA) is 58.6 Å². The number of carbonyl (C=O) groups is 2. The molecule has 1 heterocycles. The highest BCUT2D eigenvalue weighted by Crippen LogP contribution is 2.37. The Morgan fingerprint density at radius 3 is 2.69 bits per heavy atom. The van der Waals surface area contributed by atoms with Crippen LogP contribution in [-0.4, -0.2) is 25.0 Å². The van der Waals surface area contributed by atoms with E-state index in [9.17, 15) is 9.59 Å². The van der Waals surface area contributed by atoms with E-state index >= 15 is 0 Å². The molecule has 0 bridgehead atoms. The zero-order chi connectivity index (χ0) is 17.9. The van der Waals surface area contributed by atoms with E-state index in [-0.39, 0.29) is 24.2 Å². The summed E-state index contributed by atoms with van der Waals surface area (Å²) in [4.78, 5) is 26.3. The van der Waals surface area contributed by atoms with Crippen LogP contribution in [0.25, 0.3) is 0 Å². The highest BCUT2D eigenvalue weighted by molar-refractivity contribution is 5.99. The summed E-state index contributed by atoms with van der Waals surface area (Å²) in [6.45, 7) is 1.08. The molecule has 1 saturated carbocycles.